The molecule has 3 unspecified atom stereocenters. The molecule has 2 rings (SSSR count). The van der Waals surface area contributed by atoms with Crippen LogP contribution in [0.15, 0.2) is 18.2 Å². The molecule has 1 N–H and O–H groups in total. The van der Waals surface area contributed by atoms with Gasteiger partial charge in [-0.2, -0.15) is 0 Å². The lowest BCUT2D eigenvalue weighted by atomic mass is 10.0. The molecule has 1 aliphatic rings. The highest BCUT2D eigenvalue weighted by Crippen LogP contribution is 2.30. The van der Waals surface area contributed by atoms with Crippen LogP contribution in [0.5, 0.6) is 11.5 Å². The highest BCUT2D eigenvalue weighted by atomic mass is 16.5. The molecule has 1 aromatic rings. The molecule has 4 nitrogen and oxygen atoms in total. The van der Waals surface area contributed by atoms with E-state index in [4.69, 9.17) is 14.2 Å². The Hall–Kier alpha value is -1.26. The van der Waals surface area contributed by atoms with Crippen molar-refractivity contribution < 1.29 is 14.2 Å². The van der Waals surface area contributed by atoms with Crippen LogP contribution in [0.3, 0.4) is 0 Å². The Bertz CT molecular complexity index is 436. The van der Waals surface area contributed by atoms with Gasteiger partial charge in [-0.3, -0.25) is 0 Å². The Kier molecular flexibility index (Phi) is 5.26. The summed E-state index contributed by atoms with van der Waals surface area (Å²) in [6.45, 7) is 6.16. The summed E-state index contributed by atoms with van der Waals surface area (Å²) in [5.41, 5.74) is 1.15. The highest BCUT2D eigenvalue weighted by Gasteiger charge is 2.24. The Morgan fingerprint density at radius 1 is 1.35 bits per heavy atom. The van der Waals surface area contributed by atoms with Gasteiger partial charge >= 0.3 is 0 Å². The van der Waals surface area contributed by atoms with Gasteiger partial charge in [-0.1, -0.05) is 6.07 Å². The molecule has 0 radical (unpaired) electrons. The summed E-state index contributed by atoms with van der Waals surface area (Å²) < 4.78 is 16.3. The number of nitrogens with one attached hydrogen (secondary N) is 1. The SMILES string of the molecule is COc1ccc(C(C)NCC2CCOC2C)c(OC)c1. The second kappa shape index (κ2) is 6.95. The Labute approximate surface area is 121 Å². The van der Waals surface area contributed by atoms with Gasteiger partial charge in [-0.25, -0.2) is 0 Å². The van der Waals surface area contributed by atoms with Crippen molar-refractivity contribution in [3.63, 3.8) is 0 Å². The summed E-state index contributed by atoms with van der Waals surface area (Å²) in [6.07, 6.45) is 1.49. The molecule has 1 saturated heterocycles. The molecule has 20 heavy (non-hydrogen) atoms. The smallest absolute Gasteiger partial charge is 0.127 e. The topological polar surface area (TPSA) is 39.7 Å². The molecule has 0 saturated carbocycles. The van der Waals surface area contributed by atoms with E-state index in [1.165, 1.54) is 0 Å². The van der Waals surface area contributed by atoms with Crippen LogP contribution in [-0.4, -0.2) is 33.5 Å². The Balaban J connectivity index is 1.99. The van der Waals surface area contributed by atoms with Crippen LogP contribution >= 0.6 is 0 Å². The van der Waals surface area contributed by atoms with E-state index >= 15 is 0 Å². The van der Waals surface area contributed by atoms with Crippen molar-refractivity contribution in [3.05, 3.63) is 23.8 Å². The van der Waals surface area contributed by atoms with Crippen LogP contribution in [0, 0.1) is 5.92 Å². The predicted octanol–water partition coefficient (Wildman–Crippen LogP) is 2.78. The van der Waals surface area contributed by atoms with E-state index in [-0.39, 0.29) is 6.04 Å². The molecule has 0 bridgehead atoms. The van der Waals surface area contributed by atoms with E-state index in [0.717, 1.165) is 36.6 Å². The van der Waals surface area contributed by atoms with E-state index in [9.17, 15) is 0 Å². The zero-order valence-corrected chi connectivity index (χ0v) is 12.8. The quantitative estimate of drug-likeness (QED) is 0.869. The highest BCUT2D eigenvalue weighted by molar-refractivity contribution is 5.42. The maximum atomic E-state index is 5.60. The predicted molar refractivity (Wildman–Crippen MR) is 79.5 cm³/mol. The molecule has 1 fully saturated rings. The van der Waals surface area contributed by atoms with Crippen molar-refractivity contribution in [3.8, 4) is 11.5 Å². The first-order chi connectivity index (χ1) is 9.65. The summed E-state index contributed by atoms with van der Waals surface area (Å²) in [6, 6.07) is 6.19. The minimum atomic E-state index is 0.239. The zero-order valence-electron chi connectivity index (χ0n) is 12.8. The molecule has 1 heterocycles. The van der Waals surface area contributed by atoms with Crippen LogP contribution in [0.4, 0.5) is 0 Å². The fourth-order valence-corrected chi connectivity index (χ4v) is 2.66. The van der Waals surface area contributed by atoms with Crippen LogP contribution in [-0.2, 0) is 4.74 Å². The number of rotatable bonds is 6. The summed E-state index contributed by atoms with van der Waals surface area (Å²) in [7, 11) is 3.36. The van der Waals surface area contributed by atoms with Crippen LogP contribution in [0.2, 0.25) is 0 Å². The third-order valence-electron chi connectivity index (χ3n) is 4.13. The summed E-state index contributed by atoms with van der Waals surface area (Å²) in [5, 5.41) is 3.58. The van der Waals surface area contributed by atoms with E-state index in [1.54, 1.807) is 14.2 Å². The number of benzene rings is 1. The number of ether oxygens (including phenoxy) is 3. The first kappa shape index (κ1) is 15.1. The molecule has 0 aliphatic carbocycles. The fourth-order valence-electron chi connectivity index (χ4n) is 2.66. The number of hydrogen-bond donors (Lipinski definition) is 1. The number of methoxy groups -OCH3 is 2. The van der Waals surface area contributed by atoms with Gasteiger partial charge in [-0.15, -0.1) is 0 Å². The van der Waals surface area contributed by atoms with Gasteiger partial charge in [-0.05, 0) is 32.3 Å². The van der Waals surface area contributed by atoms with Crippen LogP contribution < -0.4 is 14.8 Å². The third-order valence-corrected chi connectivity index (χ3v) is 4.13. The van der Waals surface area contributed by atoms with Gasteiger partial charge < -0.3 is 19.5 Å². The second-order valence-corrected chi connectivity index (χ2v) is 5.36. The molecule has 0 aromatic heterocycles. The molecule has 112 valence electrons. The van der Waals surface area contributed by atoms with E-state index in [1.807, 2.05) is 12.1 Å². The normalized spacial score (nSPS) is 23.6. The average Bonchev–Trinajstić information content (AvgIpc) is 2.89. The minimum absolute atomic E-state index is 0.239. The molecule has 0 spiro atoms. The standard InChI is InChI=1S/C16H25NO3/c1-11(17-10-13-7-8-20-12(13)2)15-6-5-14(18-3)9-16(15)19-4/h5-6,9,11-13,17H,7-8,10H2,1-4H3. The minimum Gasteiger partial charge on any atom is -0.497 e. The van der Waals surface area contributed by atoms with Crippen LogP contribution in [0.25, 0.3) is 0 Å². The van der Waals surface area contributed by atoms with Gasteiger partial charge in [0.05, 0.1) is 20.3 Å². The Morgan fingerprint density at radius 2 is 2.15 bits per heavy atom. The average molecular weight is 279 g/mol. The first-order valence-electron chi connectivity index (χ1n) is 7.22. The Morgan fingerprint density at radius 3 is 2.75 bits per heavy atom. The fraction of sp³-hybridized carbons (Fsp3) is 0.625. The van der Waals surface area contributed by atoms with Gasteiger partial charge in [0.2, 0.25) is 0 Å². The van der Waals surface area contributed by atoms with Crippen LogP contribution in [0.1, 0.15) is 31.9 Å². The van der Waals surface area contributed by atoms with Crippen molar-refractivity contribution in [1.82, 2.24) is 5.32 Å². The largest absolute Gasteiger partial charge is 0.497 e. The van der Waals surface area contributed by atoms with Gasteiger partial charge in [0, 0.05) is 30.8 Å². The van der Waals surface area contributed by atoms with Crippen molar-refractivity contribution in [2.45, 2.75) is 32.4 Å². The summed E-state index contributed by atoms with van der Waals surface area (Å²) >= 11 is 0. The van der Waals surface area contributed by atoms with E-state index in [0.29, 0.717) is 12.0 Å². The summed E-state index contributed by atoms with van der Waals surface area (Å²) in [5.74, 6) is 2.28. The lowest BCUT2D eigenvalue weighted by Crippen LogP contribution is -2.29. The van der Waals surface area contributed by atoms with Crippen molar-refractivity contribution in [2.24, 2.45) is 5.92 Å². The number of hydrogen-bond acceptors (Lipinski definition) is 4. The monoisotopic (exact) mass is 279 g/mol. The van der Waals surface area contributed by atoms with Gasteiger partial charge in [0.25, 0.3) is 0 Å². The van der Waals surface area contributed by atoms with E-state index in [2.05, 4.69) is 25.2 Å². The van der Waals surface area contributed by atoms with Crippen molar-refractivity contribution >= 4 is 0 Å². The summed E-state index contributed by atoms with van der Waals surface area (Å²) in [4.78, 5) is 0. The second-order valence-electron chi connectivity index (χ2n) is 5.36. The lowest BCUT2D eigenvalue weighted by molar-refractivity contribution is 0.105. The molecule has 0 amide bonds. The molecule has 1 aromatic carbocycles. The molecular formula is C16H25NO3. The zero-order chi connectivity index (χ0) is 14.5. The third kappa shape index (κ3) is 3.44. The van der Waals surface area contributed by atoms with E-state index < -0.39 is 0 Å². The lowest BCUT2D eigenvalue weighted by Gasteiger charge is -2.21. The van der Waals surface area contributed by atoms with Crippen molar-refractivity contribution in [1.29, 1.82) is 0 Å². The maximum Gasteiger partial charge on any atom is 0.127 e. The molecule has 1 aliphatic heterocycles. The molecule has 4 heteroatoms. The molecule has 3 atom stereocenters. The van der Waals surface area contributed by atoms with Gasteiger partial charge in [0.15, 0.2) is 0 Å². The first-order valence-corrected chi connectivity index (χ1v) is 7.22. The van der Waals surface area contributed by atoms with Gasteiger partial charge in [0.1, 0.15) is 11.5 Å². The maximum absolute atomic E-state index is 5.60. The molecular weight excluding hydrogens is 254 g/mol. The van der Waals surface area contributed by atoms with Crippen molar-refractivity contribution in [2.75, 3.05) is 27.4 Å².